The highest BCUT2D eigenvalue weighted by Crippen LogP contribution is 2.08. The minimum Gasteiger partial charge on any atom is -0.462 e. The fourth-order valence-electron chi connectivity index (χ4n) is 1.42. The van der Waals surface area contributed by atoms with E-state index in [-0.39, 0.29) is 5.97 Å². The van der Waals surface area contributed by atoms with Gasteiger partial charge in [0.05, 0.1) is 6.61 Å². The maximum Gasteiger partial charge on any atom is 0.333 e. The Hall–Kier alpha value is -0.830. The number of esters is 1. The molecule has 3 nitrogen and oxygen atoms in total. The molecule has 0 bridgehead atoms. The zero-order valence-electron chi connectivity index (χ0n) is 8.14. The highest BCUT2D eigenvalue weighted by Gasteiger charge is 2.14. The zero-order chi connectivity index (χ0) is 9.68. The van der Waals surface area contributed by atoms with E-state index in [4.69, 9.17) is 4.74 Å². The van der Waals surface area contributed by atoms with Crippen LogP contribution in [0.1, 0.15) is 26.2 Å². The van der Waals surface area contributed by atoms with Gasteiger partial charge in [0, 0.05) is 11.6 Å². The lowest BCUT2D eigenvalue weighted by Crippen LogP contribution is -2.23. The van der Waals surface area contributed by atoms with Crippen LogP contribution in [0.3, 0.4) is 0 Å². The number of rotatable bonds is 4. The summed E-state index contributed by atoms with van der Waals surface area (Å²) in [4.78, 5) is 11.0. The maximum atomic E-state index is 11.0. The summed E-state index contributed by atoms with van der Waals surface area (Å²) in [7, 11) is 0. The lowest BCUT2D eigenvalue weighted by atomic mass is 10.2. The van der Waals surface area contributed by atoms with Crippen LogP contribution in [0.15, 0.2) is 12.2 Å². The number of ether oxygens (including phenoxy) is 1. The lowest BCUT2D eigenvalue weighted by Gasteiger charge is -2.09. The Balaban J connectivity index is 2.06. The van der Waals surface area contributed by atoms with E-state index in [1.54, 1.807) is 6.92 Å². The molecular weight excluding hydrogens is 166 g/mol. The monoisotopic (exact) mass is 183 g/mol. The van der Waals surface area contributed by atoms with E-state index in [1.165, 1.54) is 12.8 Å². The first-order valence-electron chi connectivity index (χ1n) is 4.76. The van der Waals surface area contributed by atoms with E-state index >= 15 is 0 Å². The Morgan fingerprint density at radius 2 is 2.46 bits per heavy atom. The summed E-state index contributed by atoms with van der Waals surface area (Å²) in [5.41, 5.74) is 0.472. The maximum absolute atomic E-state index is 11.0. The van der Waals surface area contributed by atoms with Crippen LogP contribution in [0, 0.1) is 0 Å². The van der Waals surface area contributed by atoms with E-state index in [0.29, 0.717) is 18.2 Å². The molecule has 1 aliphatic heterocycles. The van der Waals surface area contributed by atoms with E-state index in [9.17, 15) is 4.79 Å². The summed E-state index contributed by atoms with van der Waals surface area (Å²) in [6, 6.07) is 0.540. The molecule has 0 aromatic heterocycles. The van der Waals surface area contributed by atoms with Crippen LogP contribution in [-0.4, -0.2) is 25.2 Å². The zero-order valence-corrected chi connectivity index (χ0v) is 8.14. The van der Waals surface area contributed by atoms with E-state index in [0.717, 1.165) is 13.0 Å². The largest absolute Gasteiger partial charge is 0.462 e. The van der Waals surface area contributed by atoms with Gasteiger partial charge in [-0.3, -0.25) is 0 Å². The quantitative estimate of drug-likeness (QED) is 0.526. The SMILES string of the molecule is C=C(C)C(=O)OCCC1CCCN1. The Morgan fingerprint density at radius 1 is 1.69 bits per heavy atom. The summed E-state index contributed by atoms with van der Waals surface area (Å²) >= 11 is 0. The normalized spacial score (nSPS) is 21.5. The standard InChI is InChI=1S/C10H17NO2/c1-8(2)10(12)13-7-5-9-4-3-6-11-9/h9,11H,1,3-7H2,2H3. The van der Waals surface area contributed by atoms with Gasteiger partial charge in [-0.2, -0.15) is 0 Å². The Kier molecular flexibility index (Phi) is 3.96. The van der Waals surface area contributed by atoms with Crippen molar-refractivity contribution in [1.29, 1.82) is 0 Å². The van der Waals surface area contributed by atoms with Gasteiger partial charge < -0.3 is 10.1 Å². The molecule has 0 aliphatic carbocycles. The van der Waals surface area contributed by atoms with Crippen molar-refractivity contribution >= 4 is 5.97 Å². The molecule has 1 saturated heterocycles. The predicted octanol–water partition coefficient (Wildman–Crippen LogP) is 1.25. The van der Waals surface area contributed by atoms with Gasteiger partial charge in [-0.1, -0.05) is 6.58 Å². The molecule has 3 heteroatoms. The van der Waals surface area contributed by atoms with Gasteiger partial charge in [0.15, 0.2) is 0 Å². The molecule has 0 aromatic rings. The second kappa shape index (κ2) is 5.02. The van der Waals surface area contributed by atoms with Gasteiger partial charge in [0.1, 0.15) is 0 Å². The highest BCUT2D eigenvalue weighted by molar-refractivity contribution is 5.86. The number of hydrogen-bond acceptors (Lipinski definition) is 3. The van der Waals surface area contributed by atoms with Crippen molar-refractivity contribution in [3.05, 3.63) is 12.2 Å². The summed E-state index contributed by atoms with van der Waals surface area (Å²) in [6.07, 6.45) is 3.35. The highest BCUT2D eigenvalue weighted by atomic mass is 16.5. The first-order chi connectivity index (χ1) is 6.20. The number of nitrogens with one attached hydrogen (secondary N) is 1. The molecule has 74 valence electrons. The fraction of sp³-hybridized carbons (Fsp3) is 0.700. The van der Waals surface area contributed by atoms with Crippen LogP contribution < -0.4 is 5.32 Å². The molecular formula is C10H17NO2. The third-order valence-electron chi connectivity index (χ3n) is 2.21. The minimum atomic E-state index is -0.280. The van der Waals surface area contributed by atoms with Gasteiger partial charge in [-0.05, 0) is 32.7 Å². The molecule has 1 heterocycles. The van der Waals surface area contributed by atoms with Crippen molar-refractivity contribution in [2.75, 3.05) is 13.2 Å². The van der Waals surface area contributed by atoms with E-state index in [1.807, 2.05) is 0 Å². The third kappa shape index (κ3) is 3.59. The lowest BCUT2D eigenvalue weighted by molar-refractivity contribution is -0.139. The Labute approximate surface area is 79.2 Å². The summed E-state index contributed by atoms with van der Waals surface area (Å²) in [5.74, 6) is -0.280. The topological polar surface area (TPSA) is 38.3 Å². The van der Waals surface area contributed by atoms with Crippen LogP contribution in [0.5, 0.6) is 0 Å². The molecule has 0 spiro atoms. The Bertz CT molecular complexity index is 195. The molecule has 1 atom stereocenters. The number of carbonyl (C=O) groups excluding carboxylic acids is 1. The summed E-state index contributed by atoms with van der Waals surface area (Å²) in [5, 5.41) is 3.35. The molecule has 1 aliphatic rings. The molecule has 0 aromatic carbocycles. The number of carbonyl (C=O) groups is 1. The van der Waals surface area contributed by atoms with Gasteiger partial charge in [-0.15, -0.1) is 0 Å². The summed E-state index contributed by atoms with van der Waals surface area (Å²) in [6.45, 7) is 6.78. The smallest absolute Gasteiger partial charge is 0.333 e. The predicted molar refractivity (Wildman–Crippen MR) is 51.4 cm³/mol. The van der Waals surface area contributed by atoms with Crippen molar-refractivity contribution < 1.29 is 9.53 Å². The molecule has 1 fully saturated rings. The molecule has 1 rings (SSSR count). The molecule has 0 amide bonds. The minimum absolute atomic E-state index is 0.280. The summed E-state index contributed by atoms with van der Waals surface area (Å²) < 4.78 is 4.99. The van der Waals surface area contributed by atoms with Crippen LogP contribution in [0.2, 0.25) is 0 Å². The van der Waals surface area contributed by atoms with Crippen LogP contribution in [-0.2, 0) is 9.53 Å². The molecule has 0 radical (unpaired) electrons. The number of hydrogen-bond donors (Lipinski definition) is 1. The second-order valence-electron chi connectivity index (χ2n) is 3.50. The first-order valence-corrected chi connectivity index (χ1v) is 4.76. The van der Waals surface area contributed by atoms with E-state index < -0.39 is 0 Å². The van der Waals surface area contributed by atoms with Gasteiger partial charge in [0.2, 0.25) is 0 Å². The molecule has 1 N–H and O–H groups in total. The fourth-order valence-corrected chi connectivity index (χ4v) is 1.42. The molecule has 0 saturated carbocycles. The third-order valence-corrected chi connectivity index (χ3v) is 2.21. The average molecular weight is 183 g/mol. The van der Waals surface area contributed by atoms with Crippen molar-refractivity contribution in [3.8, 4) is 0 Å². The first kappa shape index (κ1) is 10.3. The van der Waals surface area contributed by atoms with E-state index in [2.05, 4.69) is 11.9 Å². The Morgan fingerprint density at radius 3 is 3.00 bits per heavy atom. The van der Waals surface area contributed by atoms with Crippen molar-refractivity contribution in [2.24, 2.45) is 0 Å². The van der Waals surface area contributed by atoms with Gasteiger partial charge in [0.25, 0.3) is 0 Å². The molecule has 1 unspecified atom stereocenters. The average Bonchev–Trinajstić information content (AvgIpc) is 2.56. The van der Waals surface area contributed by atoms with Crippen molar-refractivity contribution in [3.63, 3.8) is 0 Å². The van der Waals surface area contributed by atoms with Crippen LogP contribution in [0.4, 0.5) is 0 Å². The van der Waals surface area contributed by atoms with Crippen LogP contribution in [0.25, 0.3) is 0 Å². The van der Waals surface area contributed by atoms with Gasteiger partial charge >= 0.3 is 5.97 Å². The second-order valence-corrected chi connectivity index (χ2v) is 3.50. The van der Waals surface area contributed by atoms with Gasteiger partial charge in [-0.25, -0.2) is 4.79 Å². The molecule has 13 heavy (non-hydrogen) atoms. The van der Waals surface area contributed by atoms with Crippen molar-refractivity contribution in [2.45, 2.75) is 32.2 Å². The van der Waals surface area contributed by atoms with Crippen LogP contribution >= 0.6 is 0 Å². The van der Waals surface area contributed by atoms with Crippen molar-refractivity contribution in [1.82, 2.24) is 5.32 Å².